The van der Waals surface area contributed by atoms with Crippen molar-refractivity contribution < 1.29 is 0 Å². The summed E-state index contributed by atoms with van der Waals surface area (Å²) in [6.07, 6.45) is 1.51. The predicted octanol–water partition coefficient (Wildman–Crippen LogP) is 4.68. The zero-order chi connectivity index (χ0) is 13.3. The lowest BCUT2D eigenvalue weighted by Gasteiger charge is -2.11. The van der Waals surface area contributed by atoms with Gasteiger partial charge in [-0.1, -0.05) is 34.8 Å². The molecule has 2 aromatic rings. The first-order chi connectivity index (χ1) is 8.47. The van der Waals surface area contributed by atoms with Crippen LogP contribution in [-0.2, 0) is 0 Å². The van der Waals surface area contributed by atoms with Crippen LogP contribution in [0, 0.1) is 6.92 Å². The summed E-state index contributed by atoms with van der Waals surface area (Å²) in [4.78, 5) is 4.10. The van der Waals surface area contributed by atoms with Gasteiger partial charge in [0, 0.05) is 5.02 Å². The number of rotatable bonds is 2. The Balaban J connectivity index is 2.37. The van der Waals surface area contributed by atoms with Crippen LogP contribution < -0.4 is 11.1 Å². The molecule has 1 aromatic carbocycles. The van der Waals surface area contributed by atoms with Gasteiger partial charge in [0.05, 0.1) is 27.6 Å². The van der Waals surface area contributed by atoms with Gasteiger partial charge in [-0.25, -0.2) is 4.98 Å². The van der Waals surface area contributed by atoms with Crippen LogP contribution in [0.4, 0.5) is 17.2 Å². The summed E-state index contributed by atoms with van der Waals surface area (Å²) in [6.45, 7) is 1.88. The molecule has 0 spiro atoms. The lowest BCUT2D eigenvalue weighted by atomic mass is 10.2. The molecule has 3 nitrogen and oxygen atoms in total. The van der Waals surface area contributed by atoms with Crippen molar-refractivity contribution in [2.24, 2.45) is 0 Å². The number of hydrogen-bond acceptors (Lipinski definition) is 3. The number of nitrogens with one attached hydrogen (secondary N) is 1. The maximum Gasteiger partial charge on any atom is 0.149 e. The Bertz CT molecular complexity index is 599. The molecule has 0 saturated heterocycles. The third-order valence-corrected chi connectivity index (χ3v) is 3.37. The Morgan fingerprint density at radius 3 is 2.44 bits per heavy atom. The van der Waals surface area contributed by atoms with Gasteiger partial charge in [-0.2, -0.15) is 0 Å². The minimum atomic E-state index is 0.419. The van der Waals surface area contributed by atoms with Crippen molar-refractivity contribution in [2.75, 3.05) is 11.1 Å². The highest BCUT2D eigenvalue weighted by atomic mass is 35.5. The van der Waals surface area contributed by atoms with Crippen LogP contribution in [0.5, 0.6) is 0 Å². The molecule has 0 aliphatic heterocycles. The third-order valence-electron chi connectivity index (χ3n) is 2.36. The average Bonchev–Trinajstić information content (AvgIpc) is 2.29. The van der Waals surface area contributed by atoms with Crippen molar-refractivity contribution in [2.45, 2.75) is 6.92 Å². The van der Waals surface area contributed by atoms with Crippen LogP contribution in [0.25, 0.3) is 0 Å². The number of anilines is 3. The Hall–Kier alpha value is -1.16. The number of hydrogen-bond donors (Lipinski definition) is 2. The summed E-state index contributed by atoms with van der Waals surface area (Å²) in [7, 11) is 0. The van der Waals surface area contributed by atoms with E-state index in [2.05, 4.69) is 10.3 Å². The van der Waals surface area contributed by atoms with Crippen molar-refractivity contribution in [1.82, 2.24) is 4.98 Å². The van der Waals surface area contributed by atoms with E-state index in [1.165, 1.54) is 6.20 Å². The van der Waals surface area contributed by atoms with E-state index in [9.17, 15) is 0 Å². The van der Waals surface area contributed by atoms with E-state index in [4.69, 9.17) is 40.5 Å². The van der Waals surface area contributed by atoms with Crippen molar-refractivity contribution in [3.63, 3.8) is 0 Å². The highest BCUT2D eigenvalue weighted by molar-refractivity contribution is 6.36. The first kappa shape index (κ1) is 13.3. The van der Waals surface area contributed by atoms with Gasteiger partial charge in [0.2, 0.25) is 0 Å². The van der Waals surface area contributed by atoms with Crippen LogP contribution >= 0.6 is 34.8 Å². The van der Waals surface area contributed by atoms with Gasteiger partial charge >= 0.3 is 0 Å². The number of nitrogens with zero attached hydrogens (tertiary/aromatic N) is 1. The molecular weight excluding hydrogens is 293 g/mol. The number of benzene rings is 1. The van der Waals surface area contributed by atoms with E-state index < -0.39 is 0 Å². The Morgan fingerprint density at radius 2 is 1.78 bits per heavy atom. The first-order valence-electron chi connectivity index (χ1n) is 5.11. The van der Waals surface area contributed by atoms with Crippen LogP contribution in [0.15, 0.2) is 24.4 Å². The fourth-order valence-electron chi connectivity index (χ4n) is 1.41. The van der Waals surface area contributed by atoms with Crippen LogP contribution in [-0.4, -0.2) is 4.98 Å². The van der Waals surface area contributed by atoms with Crippen LogP contribution in [0.2, 0.25) is 15.1 Å². The topological polar surface area (TPSA) is 50.9 Å². The summed E-state index contributed by atoms with van der Waals surface area (Å²) in [5.41, 5.74) is 7.62. The molecule has 1 heterocycles. The summed E-state index contributed by atoms with van der Waals surface area (Å²) in [5.74, 6) is 0.479. The highest BCUT2D eigenvalue weighted by Crippen LogP contribution is 2.32. The fourth-order valence-corrected chi connectivity index (χ4v) is 2.07. The SMILES string of the molecule is Cc1cc(Cl)c(Nc2ncc(N)cc2Cl)cc1Cl. The largest absolute Gasteiger partial charge is 0.397 e. The first-order valence-corrected chi connectivity index (χ1v) is 6.24. The minimum Gasteiger partial charge on any atom is -0.397 e. The quantitative estimate of drug-likeness (QED) is 0.847. The number of halogens is 3. The molecule has 0 atom stereocenters. The van der Waals surface area contributed by atoms with Crippen molar-refractivity contribution in [3.05, 3.63) is 45.0 Å². The number of aryl methyl sites for hydroxylation is 1. The molecule has 0 amide bonds. The summed E-state index contributed by atoms with van der Waals surface area (Å²) < 4.78 is 0. The van der Waals surface area contributed by atoms with Crippen molar-refractivity contribution in [3.8, 4) is 0 Å². The van der Waals surface area contributed by atoms with E-state index in [-0.39, 0.29) is 0 Å². The maximum atomic E-state index is 6.12. The van der Waals surface area contributed by atoms with Gasteiger partial charge in [-0.3, -0.25) is 0 Å². The van der Waals surface area contributed by atoms with Gasteiger partial charge < -0.3 is 11.1 Å². The van der Waals surface area contributed by atoms with Crippen molar-refractivity contribution >= 4 is 52.0 Å². The number of nitrogen functional groups attached to an aromatic ring is 1. The van der Waals surface area contributed by atoms with E-state index in [0.717, 1.165) is 5.56 Å². The molecule has 0 aliphatic carbocycles. The molecule has 94 valence electrons. The maximum absolute atomic E-state index is 6.12. The average molecular weight is 303 g/mol. The van der Waals surface area contributed by atoms with E-state index >= 15 is 0 Å². The van der Waals surface area contributed by atoms with E-state index in [1.54, 1.807) is 18.2 Å². The number of nitrogens with two attached hydrogens (primary N) is 1. The lowest BCUT2D eigenvalue weighted by molar-refractivity contribution is 1.31. The second kappa shape index (κ2) is 5.22. The Morgan fingerprint density at radius 1 is 1.06 bits per heavy atom. The monoisotopic (exact) mass is 301 g/mol. The Kier molecular flexibility index (Phi) is 3.85. The lowest BCUT2D eigenvalue weighted by Crippen LogP contribution is -1.97. The second-order valence-electron chi connectivity index (χ2n) is 3.81. The molecule has 1 aromatic heterocycles. The standard InChI is InChI=1S/C12H10Cl3N3/c1-6-2-9(14)11(4-8(6)13)18-12-10(15)3-7(16)5-17-12/h2-5H,16H2,1H3,(H,17,18). The zero-order valence-corrected chi connectivity index (χ0v) is 11.7. The third kappa shape index (κ3) is 2.80. The highest BCUT2D eigenvalue weighted by Gasteiger charge is 2.08. The van der Waals surface area contributed by atoms with Gasteiger partial charge in [-0.15, -0.1) is 0 Å². The molecule has 0 bridgehead atoms. The normalized spacial score (nSPS) is 10.4. The smallest absolute Gasteiger partial charge is 0.149 e. The fraction of sp³-hybridized carbons (Fsp3) is 0.0833. The van der Waals surface area contributed by atoms with Crippen LogP contribution in [0.3, 0.4) is 0 Å². The van der Waals surface area contributed by atoms with Gasteiger partial charge in [0.15, 0.2) is 0 Å². The molecule has 0 saturated carbocycles. The van der Waals surface area contributed by atoms with Gasteiger partial charge in [0.1, 0.15) is 5.82 Å². The molecule has 2 rings (SSSR count). The van der Waals surface area contributed by atoms with E-state index in [0.29, 0.717) is 32.3 Å². The molecule has 6 heteroatoms. The van der Waals surface area contributed by atoms with Crippen molar-refractivity contribution in [1.29, 1.82) is 0 Å². The van der Waals surface area contributed by atoms with Gasteiger partial charge in [-0.05, 0) is 30.7 Å². The number of pyridine rings is 1. The summed E-state index contributed by atoms with van der Waals surface area (Å²) >= 11 is 18.2. The Labute approximate surface area is 120 Å². The molecule has 0 aliphatic rings. The minimum absolute atomic E-state index is 0.419. The predicted molar refractivity (Wildman–Crippen MR) is 78.1 cm³/mol. The number of aromatic nitrogens is 1. The van der Waals surface area contributed by atoms with E-state index in [1.807, 2.05) is 6.92 Å². The molecule has 18 heavy (non-hydrogen) atoms. The van der Waals surface area contributed by atoms with Crippen LogP contribution in [0.1, 0.15) is 5.56 Å². The molecule has 3 N–H and O–H groups in total. The summed E-state index contributed by atoms with van der Waals surface area (Å²) in [6, 6.07) is 5.12. The molecular formula is C12H10Cl3N3. The molecule has 0 unspecified atom stereocenters. The molecule has 0 fully saturated rings. The second-order valence-corrected chi connectivity index (χ2v) is 5.03. The molecule has 0 radical (unpaired) electrons. The zero-order valence-electron chi connectivity index (χ0n) is 9.47. The summed E-state index contributed by atoms with van der Waals surface area (Å²) in [5, 5.41) is 4.61. The van der Waals surface area contributed by atoms with Gasteiger partial charge in [0.25, 0.3) is 0 Å².